The number of hydrogen-bond donors (Lipinski definition) is 2. The zero-order valence-electron chi connectivity index (χ0n) is 18.9. The number of esters is 1. The van der Waals surface area contributed by atoms with Gasteiger partial charge in [-0.1, -0.05) is 0 Å². The highest BCUT2D eigenvalue weighted by Gasteiger charge is 2.12. The third kappa shape index (κ3) is 10.6. The molecule has 2 amide bonds. The average Bonchev–Trinajstić information content (AvgIpc) is 2.73. The number of benzene rings is 2. The Hall–Kier alpha value is -2.08. The van der Waals surface area contributed by atoms with Crippen LogP contribution in [-0.2, 0) is 4.74 Å². The summed E-state index contributed by atoms with van der Waals surface area (Å²) in [6, 6.07) is 10.0. The van der Waals surface area contributed by atoms with Crippen molar-refractivity contribution in [3.8, 4) is 0 Å². The molecule has 7 nitrogen and oxygen atoms in total. The third-order valence-corrected chi connectivity index (χ3v) is 6.13. The Kier molecular flexibility index (Phi) is 12.5. The van der Waals surface area contributed by atoms with E-state index in [1.807, 2.05) is 0 Å². The van der Waals surface area contributed by atoms with Crippen molar-refractivity contribution >= 4 is 71.5 Å². The van der Waals surface area contributed by atoms with Gasteiger partial charge in [0.1, 0.15) is 6.29 Å². The highest BCUT2D eigenvalue weighted by molar-refractivity contribution is 8.14. The van der Waals surface area contributed by atoms with Crippen LogP contribution in [0.2, 0.25) is 0 Å². The topological polar surface area (TPSA) is 84.0 Å². The molecule has 33 heavy (non-hydrogen) atoms. The number of hydrogen-bond acceptors (Lipinski definition) is 9. The normalized spacial score (nSPS) is 9.91. The fourth-order valence-electron chi connectivity index (χ4n) is 2.09. The van der Waals surface area contributed by atoms with E-state index in [9.17, 15) is 19.2 Å². The van der Waals surface area contributed by atoms with Gasteiger partial charge in [-0.05, 0) is 66.8 Å². The molecule has 0 atom stereocenters. The molecule has 0 unspecified atom stereocenters. The number of nitrogens with zero attached hydrogens (tertiary/aromatic N) is 2. The van der Waals surface area contributed by atoms with Gasteiger partial charge in [0.05, 0.1) is 12.2 Å². The van der Waals surface area contributed by atoms with E-state index in [1.165, 1.54) is 9.80 Å². The number of aldehydes is 1. The third-order valence-electron chi connectivity index (χ3n) is 3.59. The Morgan fingerprint density at radius 2 is 1.30 bits per heavy atom. The fourth-order valence-corrected chi connectivity index (χ4v) is 4.35. The van der Waals surface area contributed by atoms with Crippen molar-refractivity contribution in [3.05, 3.63) is 47.5 Å². The van der Waals surface area contributed by atoms with E-state index in [0.29, 0.717) is 43.6 Å². The molecule has 0 heterocycles. The highest BCUT2D eigenvalue weighted by Crippen LogP contribution is 2.29. The van der Waals surface area contributed by atoms with E-state index in [-0.39, 0.29) is 16.4 Å². The molecule has 0 radical (unpaired) electrons. The number of thioether (sulfide) groups is 2. The minimum Gasteiger partial charge on any atom is -0.462 e. The van der Waals surface area contributed by atoms with E-state index in [1.54, 1.807) is 71.5 Å². The van der Waals surface area contributed by atoms with Crippen LogP contribution in [0, 0.1) is 0 Å². The van der Waals surface area contributed by atoms with E-state index < -0.39 is 0 Å². The van der Waals surface area contributed by atoms with Crippen LogP contribution in [0.25, 0.3) is 0 Å². The second kappa shape index (κ2) is 14.2. The molecule has 0 saturated carbocycles. The quantitative estimate of drug-likeness (QED) is 0.231. The number of carbonyl (C=O) groups is 4. The summed E-state index contributed by atoms with van der Waals surface area (Å²) in [6.45, 7) is 2.14. The zero-order valence-corrected chi connectivity index (χ0v) is 22.3. The number of rotatable bonds is 5. The van der Waals surface area contributed by atoms with Crippen LogP contribution in [0.3, 0.4) is 0 Å². The van der Waals surface area contributed by atoms with Gasteiger partial charge in [0.2, 0.25) is 0 Å². The molecule has 0 bridgehead atoms. The predicted molar refractivity (Wildman–Crippen MR) is 139 cm³/mol. The molecule has 0 fully saturated rings. The molecular weight excluding hydrogens is 501 g/mol. The minimum atomic E-state index is -0.339. The number of carbonyl (C=O) groups excluding carboxylic acids is 4. The zero-order chi connectivity index (χ0) is 25.1. The molecule has 0 aliphatic rings. The monoisotopic (exact) mass is 526 g/mol. The summed E-state index contributed by atoms with van der Waals surface area (Å²) in [6.07, 6.45) is 0.703. The summed E-state index contributed by atoms with van der Waals surface area (Å²) in [5.74, 6) is -0.339. The van der Waals surface area contributed by atoms with Crippen molar-refractivity contribution in [2.24, 2.45) is 0 Å². The average molecular weight is 527 g/mol. The lowest BCUT2D eigenvalue weighted by atomic mass is 10.2. The van der Waals surface area contributed by atoms with Gasteiger partial charge >= 0.3 is 5.97 Å². The summed E-state index contributed by atoms with van der Waals surface area (Å²) in [5.41, 5.74) is 0.926. The van der Waals surface area contributed by atoms with E-state index in [4.69, 9.17) is 4.74 Å². The van der Waals surface area contributed by atoms with Crippen LogP contribution in [0.1, 0.15) is 27.6 Å². The molecule has 2 aromatic carbocycles. The Balaban J connectivity index is 0.000000361. The van der Waals surface area contributed by atoms with Gasteiger partial charge in [-0.25, -0.2) is 4.79 Å². The summed E-state index contributed by atoms with van der Waals surface area (Å²) < 4.78 is 4.83. The summed E-state index contributed by atoms with van der Waals surface area (Å²) in [7, 11) is 6.63. The molecule has 178 valence electrons. The molecular formula is C22H26N2O5S4. The summed E-state index contributed by atoms with van der Waals surface area (Å²) >= 11 is 10.3. The standard InChI is InChI=1S/C13H16N2O3S2.C9H10O2S2/c1-14(2)12(17)19-10-5-9(8-16)6-11(7-10)20-13(18)15(3)4;1-2-11-9(10)6-3-7(12)5-8(13)4-6/h5-8H,1-4H3;3-5,12-13H,2H2,1H3. The predicted octanol–water partition coefficient (Wildman–Crippen LogP) is 5.49. The lowest BCUT2D eigenvalue weighted by Crippen LogP contribution is -2.16. The first-order chi connectivity index (χ1) is 15.5. The molecule has 0 aromatic heterocycles. The highest BCUT2D eigenvalue weighted by atomic mass is 32.2. The summed E-state index contributed by atoms with van der Waals surface area (Å²) in [5, 5.41) is -0.272. The van der Waals surface area contributed by atoms with Crippen LogP contribution in [0.15, 0.2) is 56.0 Å². The van der Waals surface area contributed by atoms with Crippen LogP contribution >= 0.6 is 48.8 Å². The first-order valence-electron chi connectivity index (χ1n) is 9.55. The molecule has 2 aromatic rings. The van der Waals surface area contributed by atoms with Crippen molar-refractivity contribution in [1.29, 1.82) is 0 Å². The van der Waals surface area contributed by atoms with Crippen molar-refractivity contribution in [1.82, 2.24) is 9.80 Å². The van der Waals surface area contributed by atoms with Gasteiger partial charge in [-0.2, -0.15) is 0 Å². The Morgan fingerprint density at radius 3 is 1.67 bits per heavy atom. The molecule has 2 rings (SSSR count). The van der Waals surface area contributed by atoms with E-state index in [0.717, 1.165) is 23.5 Å². The lowest BCUT2D eigenvalue weighted by molar-refractivity contribution is 0.0525. The van der Waals surface area contributed by atoms with Gasteiger partial charge in [0.15, 0.2) is 0 Å². The van der Waals surface area contributed by atoms with Gasteiger partial charge < -0.3 is 14.5 Å². The van der Waals surface area contributed by atoms with E-state index >= 15 is 0 Å². The Morgan fingerprint density at radius 1 is 0.848 bits per heavy atom. The second-order valence-electron chi connectivity index (χ2n) is 6.84. The largest absolute Gasteiger partial charge is 0.462 e. The fraction of sp³-hybridized carbons (Fsp3) is 0.273. The van der Waals surface area contributed by atoms with Crippen molar-refractivity contribution in [2.75, 3.05) is 34.8 Å². The SMILES string of the molecule is CCOC(=O)c1cc(S)cc(S)c1.CN(C)C(=O)Sc1cc(C=O)cc(SC(=O)N(C)C)c1. The van der Waals surface area contributed by atoms with Gasteiger partial charge in [-0.15, -0.1) is 25.3 Å². The summed E-state index contributed by atoms with van der Waals surface area (Å²) in [4.78, 5) is 51.1. The minimum absolute atomic E-state index is 0.136. The molecule has 11 heteroatoms. The number of amides is 2. The second-order valence-corrected chi connectivity index (χ2v) is 9.92. The molecule has 0 N–H and O–H groups in total. The first-order valence-corrected chi connectivity index (χ1v) is 12.1. The van der Waals surface area contributed by atoms with Crippen LogP contribution in [0.5, 0.6) is 0 Å². The van der Waals surface area contributed by atoms with Crippen molar-refractivity contribution in [3.63, 3.8) is 0 Å². The Bertz CT molecular complexity index is 952. The molecule has 0 aliphatic carbocycles. The maximum absolute atomic E-state index is 11.7. The molecule has 0 aliphatic heterocycles. The van der Waals surface area contributed by atoms with Gasteiger partial charge in [0.25, 0.3) is 10.5 Å². The maximum atomic E-state index is 11.7. The van der Waals surface area contributed by atoms with Crippen LogP contribution < -0.4 is 0 Å². The number of thiol groups is 2. The molecule has 0 saturated heterocycles. The smallest absolute Gasteiger partial charge is 0.338 e. The maximum Gasteiger partial charge on any atom is 0.338 e. The Labute approximate surface area is 213 Å². The lowest BCUT2D eigenvalue weighted by Gasteiger charge is -2.12. The van der Waals surface area contributed by atoms with Crippen LogP contribution in [-0.4, -0.2) is 67.3 Å². The van der Waals surface area contributed by atoms with Crippen molar-refractivity contribution < 1.29 is 23.9 Å². The first kappa shape index (κ1) is 29.0. The van der Waals surface area contributed by atoms with E-state index in [2.05, 4.69) is 25.3 Å². The molecule has 0 spiro atoms. The van der Waals surface area contributed by atoms with Crippen molar-refractivity contribution in [2.45, 2.75) is 26.5 Å². The van der Waals surface area contributed by atoms with Gasteiger partial charge in [-0.3, -0.25) is 14.4 Å². The number of ether oxygens (including phenoxy) is 1. The van der Waals surface area contributed by atoms with Gasteiger partial charge in [0, 0.05) is 53.3 Å². The van der Waals surface area contributed by atoms with Crippen LogP contribution in [0.4, 0.5) is 9.59 Å².